The molecule has 1 aliphatic heterocycles. The van der Waals surface area contributed by atoms with E-state index in [1.165, 1.54) is 4.31 Å². The number of pyridine rings is 2. The summed E-state index contributed by atoms with van der Waals surface area (Å²) in [7, 11) is -0.174. The summed E-state index contributed by atoms with van der Waals surface area (Å²) in [6.45, 7) is 0.889. The normalized spacial score (nSPS) is 21.9. The highest BCUT2D eigenvalue weighted by Crippen LogP contribution is 2.24. The highest BCUT2D eigenvalue weighted by molar-refractivity contribution is 7.89. The molecule has 3 heterocycles. The second-order valence-electron chi connectivity index (χ2n) is 5.84. The van der Waals surface area contributed by atoms with Gasteiger partial charge in [-0.3, -0.25) is 4.98 Å². The Hall–Kier alpha value is -1.77. The summed E-state index contributed by atoms with van der Waals surface area (Å²) in [5.41, 5.74) is 0.848. The predicted molar refractivity (Wildman–Crippen MR) is 88.7 cm³/mol. The van der Waals surface area contributed by atoms with Crippen molar-refractivity contribution in [2.45, 2.75) is 6.04 Å². The van der Waals surface area contributed by atoms with Gasteiger partial charge in [-0.25, -0.2) is 17.7 Å². The van der Waals surface area contributed by atoms with Crippen molar-refractivity contribution in [1.29, 1.82) is 0 Å². The lowest BCUT2D eigenvalue weighted by molar-refractivity contribution is 0.187. The SMILES string of the molecule is CN(C)S(=O)(=O)C[C@@H]1COC[C@H]1Nc1nccc2ncccc12. The minimum atomic E-state index is -3.27. The van der Waals surface area contributed by atoms with E-state index in [9.17, 15) is 8.42 Å². The highest BCUT2D eigenvalue weighted by Gasteiger charge is 2.33. The van der Waals surface area contributed by atoms with Gasteiger partial charge >= 0.3 is 0 Å². The van der Waals surface area contributed by atoms with Gasteiger partial charge in [0.1, 0.15) is 5.82 Å². The van der Waals surface area contributed by atoms with Crippen molar-refractivity contribution in [3.8, 4) is 0 Å². The number of nitrogens with zero attached hydrogens (tertiary/aromatic N) is 3. The molecule has 0 bridgehead atoms. The van der Waals surface area contributed by atoms with Crippen molar-refractivity contribution in [3.63, 3.8) is 0 Å². The smallest absolute Gasteiger partial charge is 0.214 e. The summed E-state index contributed by atoms with van der Waals surface area (Å²) in [4.78, 5) is 8.67. The Labute approximate surface area is 135 Å². The van der Waals surface area contributed by atoms with Crippen molar-refractivity contribution < 1.29 is 13.2 Å². The fourth-order valence-electron chi connectivity index (χ4n) is 2.64. The van der Waals surface area contributed by atoms with Crippen LogP contribution in [0.15, 0.2) is 30.6 Å². The summed E-state index contributed by atoms with van der Waals surface area (Å²) in [6.07, 6.45) is 3.43. The summed E-state index contributed by atoms with van der Waals surface area (Å²) in [5.74, 6) is 0.648. The predicted octanol–water partition coefficient (Wildman–Crippen LogP) is 0.948. The summed E-state index contributed by atoms with van der Waals surface area (Å²) >= 11 is 0. The average molecular weight is 336 g/mol. The van der Waals surface area contributed by atoms with Crippen LogP contribution in [0.1, 0.15) is 0 Å². The Bertz CT molecular complexity index is 789. The van der Waals surface area contributed by atoms with Crippen LogP contribution in [0.3, 0.4) is 0 Å². The Morgan fingerprint density at radius 3 is 2.87 bits per heavy atom. The van der Waals surface area contributed by atoms with Crippen LogP contribution in [0.5, 0.6) is 0 Å². The van der Waals surface area contributed by atoms with E-state index >= 15 is 0 Å². The Balaban J connectivity index is 1.81. The van der Waals surface area contributed by atoms with Crippen LogP contribution in [0.2, 0.25) is 0 Å². The number of hydrogen-bond acceptors (Lipinski definition) is 6. The molecule has 7 nitrogen and oxygen atoms in total. The van der Waals surface area contributed by atoms with Gasteiger partial charge in [0.25, 0.3) is 0 Å². The fraction of sp³-hybridized carbons (Fsp3) is 0.467. The van der Waals surface area contributed by atoms with E-state index in [2.05, 4.69) is 15.3 Å². The third-order valence-corrected chi connectivity index (χ3v) is 5.99. The molecule has 1 aliphatic rings. The lowest BCUT2D eigenvalue weighted by atomic mass is 10.1. The van der Waals surface area contributed by atoms with E-state index in [0.29, 0.717) is 19.0 Å². The van der Waals surface area contributed by atoms with Gasteiger partial charge in [0.05, 0.1) is 30.5 Å². The molecule has 2 aromatic heterocycles. The van der Waals surface area contributed by atoms with Crippen molar-refractivity contribution in [2.24, 2.45) is 5.92 Å². The first-order valence-corrected chi connectivity index (χ1v) is 9.02. The topological polar surface area (TPSA) is 84.4 Å². The quantitative estimate of drug-likeness (QED) is 0.875. The molecule has 0 saturated carbocycles. The van der Waals surface area contributed by atoms with Crippen LogP contribution in [0.4, 0.5) is 5.82 Å². The Morgan fingerprint density at radius 2 is 2.09 bits per heavy atom. The van der Waals surface area contributed by atoms with Gasteiger partial charge in [0.15, 0.2) is 0 Å². The van der Waals surface area contributed by atoms with Crippen LogP contribution in [0.25, 0.3) is 10.9 Å². The molecule has 0 amide bonds. The molecule has 0 aliphatic carbocycles. The van der Waals surface area contributed by atoms with Gasteiger partial charge in [-0.15, -0.1) is 0 Å². The molecule has 8 heteroatoms. The first kappa shape index (κ1) is 16.1. The second-order valence-corrected chi connectivity index (χ2v) is 8.07. The van der Waals surface area contributed by atoms with Gasteiger partial charge < -0.3 is 10.1 Å². The monoisotopic (exact) mass is 336 g/mol. The second kappa shape index (κ2) is 6.38. The van der Waals surface area contributed by atoms with Gasteiger partial charge in [-0.2, -0.15) is 0 Å². The minimum absolute atomic E-state index is 0.0562. The molecule has 3 rings (SSSR count). The molecule has 2 atom stereocenters. The van der Waals surface area contributed by atoms with Gasteiger partial charge in [0.2, 0.25) is 10.0 Å². The standard InChI is InChI=1S/C15H20N4O3S/c1-19(2)23(20,21)10-11-8-22-9-14(11)18-15-12-4-3-6-16-13(12)5-7-17-15/h3-7,11,14H,8-10H2,1-2H3,(H,17,18)/t11-,14+/m0/s1. The van der Waals surface area contributed by atoms with E-state index < -0.39 is 10.0 Å². The van der Waals surface area contributed by atoms with Gasteiger partial charge in [-0.1, -0.05) is 0 Å². The number of hydrogen-bond donors (Lipinski definition) is 1. The number of sulfonamides is 1. The van der Waals surface area contributed by atoms with Crippen LogP contribution < -0.4 is 5.32 Å². The highest BCUT2D eigenvalue weighted by atomic mass is 32.2. The first-order valence-electron chi connectivity index (χ1n) is 7.41. The fourth-order valence-corrected chi connectivity index (χ4v) is 3.80. The maximum atomic E-state index is 12.1. The van der Waals surface area contributed by atoms with E-state index in [1.54, 1.807) is 26.5 Å². The third-order valence-electron chi connectivity index (χ3n) is 4.03. The van der Waals surface area contributed by atoms with Crippen molar-refractivity contribution in [3.05, 3.63) is 30.6 Å². The molecule has 0 radical (unpaired) electrons. The molecular formula is C15H20N4O3S. The van der Waals surface area contributed by atoms with E-state index in [4.69, 9.17) is 4.74 Å². The van der Waals surface area contributed by atoms with Crippen molar-refractivity contribution in [1.82, 2.24) is 14.3 Å². The Kier molecular flexibility index (Phi) is 4.47. The summed E-state index contributed by atoms with van der Waals surface area (Å²) in [6, 6.07) is 5.55. The molecular weight excluding hydrogens is 316 g/mol. The molecule has 0 unspecified atom stereocenters. The largest absolute Gasteiger partial charge is 0.379 e. The lowest BCUT2D eigenvalue weighted by Gasteiger charge is -2.21. The third kappa shape index (κ3) is 3.44. The molecule has 1 fully saturated rings. The van der Waals surface area contributed by atoms with Crippen LogP contribution in [0, 0.1) is 5.92 Å². The lowest BCUT2D eigenvalue weighted by Crippen LogP contribution is -2.37. The van der Waals surface area contributed by atoms with Crippen LogP contribution in [-0.2, 0) is 14.8 Å². The number of ether oxygens (including phenoxy) is 1. The zero-order valence-corrected chi connectivity index (χ0v) is 14.0. The van der Waals surface area contributed by atoms with Gasteiger partial charge in [0, 0.05) is 37.8 Å². The molecule has 1 N–H and O–H groups in total. The van der Waals surface area contributed by atoms with Crippen LogP contribution >= 0.6 is 0 Å². The maximum Gasteiger partial charge on any atom is 0.214 e. The maximum absolute atomic E-state index is 12.1. The number of aromatic nitrogens is 2. The molecule has 124 valence electrons. The van der Waals surface area contributed by atoms with E-state index in [-0.39, 0.29) is 17.7 Å². The molecule has 2 aromatic rings. The van der Waals surface area contributed by atoms with Crippen molar-refractivity contribution >= 4 is 26.7 Å². The molecule has 0 aromatic carbocycles. The molecule has 0 spiro atoms. The number of nitrogens with one attached hydrogen (secondary N) is 1. The number of rotatable bonds is 5. The van der Waals surface area contributed by atoms with Gasteiger partial charge in [-0.05, 0) is 18.2 Å². The minimum Gasteiger partial charge on any atom is -0.379 e. The van der Waals surface area contributed by atoms with Crippen LogP contribution in [-0.4, -0.2) is 61.8 Å². The number of anilines is 1. The zero-order valence-electron chi connectivity index (χ0n) is 13.1. The van der Waals surface area contributed by atoms with E-state index in [0.717, 1.165) is 10.9 Å². The van der Waals surface area contributed by atoms with E-state index in [1.807, 2.05) is 18.2 Å². The first-order chi connectivity index (χ1) is 11.0. The average Bonchev–Trinajstić information content (AvgIpc) is 2.94. The van der Waals surface area contributed by atoms with Crippen molar-refractivity contribution in [2.75, 3.05) is 38.4 Å². The zero-order chi connectivity index (χ0) is 16.4. The summed E-state index contributed by atoms with van der Waals surface area (Å²) < 4.78 is 31.0. The summed E-state index contributed by atoms with van der Waals surface area (Å²) in [5, 5.41) is 4.25. The molecule has 23 heavy (non-hydrogen) atoms. The number of fused-ring (bicyclic) bond motifs is 1. The Morgan fingerprint density at radius 1 is 1.26 bits per heavy atom. The molecule has 1 saturated heterocycles.